The van der Waals surface area contributed by atoms with Crippen LogP contribution in [0.2, 0.25) is 0 Å². The van der Waals surface area contributed by atoms with Crippen LogP contribution in [-0.2, 0) is 31.9 Å². The smallest absolute Gasteiger partial charge is 0.238 e. The summed E-state index contributed by atoms with van der Waals surface area (Å²) in [5.41, 5.74) is 5.40. The summed E-state index contributed by atoms with van der Waals surface area (Å²) in [6.07, 6.45) is 8.33. The van der Waals surface area contributed by atoms with Gasteiger partial charge < -0.3 is 15.2 Å². The second-order valence-electron chi connectivity index (χ2n) is 14.5. The zero-order valence-corrected chi connectivity index (χ0v) is 40.3. The van der Waals surface area contributed by atoms with Gasteiger partial charge >= 0.3 is 0 Å². The van der Waals surface area contributed by atoms with Gasteiger partial charge in [0.1, 0.15) is 36.3 Å². The number of rotatable bonds is 18. The molecule has 0 atom stereocenters. The summed E-state index contributed by atoms with van der Waals surface area (Å²) < 4.78 is 146. The Morgan fingerprint density at radius 3 is 1.49 bits per heavy atom. The third-order valence-corrected chi connectivity index (χ3v) is 16.2. The molecule has 0 amide bonds. The van der Waals surface area contributed by atoms with Gasteiger partial charge in [-0.2, -0.15) is 0 Å². The molecule has 2 aliphatic carbocycles. The molecule has 340 valence electrons. The van der Waals surface area contributed by atoms with E-state index in [1.165, 1.54) is 42.5 Å². The first kappa shape index (κ1) is 51.9. The average Bonchev–Trinajstić information content (AvgIpc) is 4.16. The van der Waals surface area contributed by atoms with Crippen molar-refractivity contribution in [2.45, 2.75) is 60.9 Å². The van der Waals surface area contributed by atoms with E-state index in [1.54, 1.807) is 18.2 Å². The van der Waals surface area contributed by atoms with E-state index >= 15 is 0 Å². The van der Waals surface area contributed by atoms with Crippen LogP contribution < -0.4 is 19.9 Å². The van der Waals surface area contributed by atoms with Crippen LogP contribution >= 0.6 is 55.9 Å². The molecule has 6 rings (SSSR count). The summed E-state index contributed by atoms with van der Waals surface area (Å²) >= 11 is 3.89. The number of nitrogen functional groups attached to an aromatic ring is 1. The Kier molecular flexibility index (Phi) is 18.1. The number of nitrogens with two attached hydrogens (primary N) is 1. The molecule has 0 radical (unpaired) electrons. The minimum atomic E-state index is -3.98. The molecule has 4 aromatic carbocycles. The third-order valence-electron chi connectivity index (χ3n) is 10.1. The molecule has 2 aliphatic rings. The van der Waals surface area contributed by atoms with Gasteiger partial charge in [0.2, 0.25) is 19.1 Å². The molecule has 19 heteroatoms. The molecule has 2 fully saturated rings. The van der Waals surface area contributed by atoms with E-state index in [4.69, 9.17) is 25.9 Å². The van der Waals surface area contributed by atoms with Gasteiger partial charge in [-0.15, -0.1) is 13.2 Å². The van der Waals surface area contributed by atoms with Crippen LogP contribution in [0.1, 0.15) is 60.8 Å². The van der Waals surface area contributed by atoms with Crippen molar-refractivity contribution in [2.75, 3.05) is 23.7 Å². The van der Waals surface area contributed by atoms with Gasteiger partial charge in [0.15, 0.2) is 23.3 Å². The van der Waals surface area contributed by atoms with Crippen molar-refractivity contribution in [3.63, 3.8) is 0 Å². The molecule has 2 saturated carbocycles. The van der Waals surface area contributed by atoms with Crippen molar-refractivity contribution in [3.8, 4) is 11.5 Å². The lowest BCUT2D eigenvalue weighted by Crippen LogP contribution is -2.30. The summed E-state index contributed by atoms with van der Waals surface area (Å²) in [5.74, 6) is -5.97. The van der Waals surface area contributed by atoms with Crippen LogP contribution in [0.3, 0.4) is 0 Å². The number of anilines is 2. The molecule has 63 heavy (non-hydrogen) atoms. The Labute approximate surface area is 395 Å². The maximum Gasteiger partial charge on any atom is 0.238 e. The first-order valence-electron chi connectivity index (χ1n) is 18.9. The third kappa shape index (κ3) is 13.0. The average molecular weight is 1160 g/mol. The zero-order valence-electron chi connectivity index (χ0n) is 33.6. The predicted molar refractivity (Wildman–Crippen MR) is 253 cm³/mol. The zero-order chi connectivity index (χ0) is 46.9. The molecule has 0 heterocycles. The molecule has 0 bridgehead atoms. The molecule has 0 saturated heterocycles. The van der Waals surface area contributed by atoms with Crippen LogP contribution in [-0.4, -0.2) is 39.5 Å². The van der Waals surface area contributed by atoms with E-state index in [0.29, 0.717) is 39.2 Å². The van der Waals surface area contributed by atoms with Gasteiger partial charge in [0.25, 0.3) is 0 Å². The van der Waals surface area contributed by atoms with Gasteiger partial charge in [0.05, 0.1) is 20.9 Å². The summed E-state index contributed by atoms with van der Waals surface area (Å²) in [6.45, 7) is 14.1. The molecule has 0 spiro atoms. The number of benzene rings is 4. The molecule has 0 aromatic heterocycles. The van der Waals surface area contributed by atoms with Gasteiger partial charge in [-0.05, 0) is 119 Å². The maximum absolute atomic E-state index is 14.9. The Balaban J connectivity index is 0.000000235. The highest BCUT2D eigenvalue weighted by Crippen LogP contribution is 2.49. The number of halogens is 9. The second-order valence-corrected chi connectivity index (χ2v) is 22.0. The highest BCUT2D eigenvalue weighted by molar-refractivity contribution is 14.1. The minimum Gasteiger partial charge on any atom is -0.487 e. The molecule has 3 N–H and O–H groups in total. The summed E-state index contributed by atoms with van der Waals surface area (Å²) in [5, 5.41) is 0. The topological polar surface area (TPSA) is 125 Å². The van der Waals surface area contributed by atoms with E-state index in [2.05, 4.69) is 31.0 Å². The highest BCUT2D eigenvalue weighted by Gasteiger charge is 2.54. The molecule has 0 aliphatic heterocycles. The minimum absolute atomic E-state index is 0.0136. The van der Waals surface area contributed by atoms with Crippen LogP contribution in [0.25, 0.3) is 0 Å². The van der Waals surface area contributed by atoms with Crippen LogP contribution in [0.15, 0.2) is 99.2 Å². The lowest BCUT2D eigenvalue weighted by Gasteiger charge is -2.21. The normalized spacial score (nSPS) is 14.4. The molecular formula is C44H43ClF6I2N2O6S2. The van der Waals surface area contributed by atoms with Crippen molar-refractivity contribution >= 4 is 86.3 Å². The molecule has 4 aromatic rings. The summed E-state index contributed by atoms with van der Waals surface area (Å²) in [4.78, 5) is 0. The number of ether oxygens (including phenoxy) is 2. The van der Waals surface area contributed by atoms with E-state index in [-0.39, 0.29) is 77.6 Å². The number of allylic oxidation sites excluding steroid dienone is 2. The largest absolute Gasteiger partial charge is 0.487 e. The van der Waals surface area contributed by atoms with Gasteiger partial charge in [0, 0.05) is 53.9 Å². The van der Waals surface area contributed by atoms with Crippen molar-refractivity contribution in [2.24, 2.45) is 0 Å². The fourth-order valence-electron chi connectivity index (χ4n) is 6.19. The molecule has 8 nitrogen and oxygen atoms in total. The lowest BCUT2D eigenvalue weighted by molar-refractivity contribution is 0.359. The Bertz CT molecular complexity index is 2610. The van der Waals surface area contributed by atoms with Gasteiger partial charge in [-0.1, -0.05) is 49.6 Å². The fourth-order valence-corrected chi connectivity index (χ4v) is 10.3. The van der Waals surface area contributed by atoms with Crippen LogP contribution in [0, 0.1) is 42.0 Å². The van der Waals surface area contributed by atoms with Crippen LogP contribution in [0.4, 0.5) is 37.7 Å². The number of hydrogen-bond acceptors (Lipinski definition) is 7. The van der Waals surface area contributed by atoms with Crippen LogP contribution in [0.5, 0.6) is 11.5 Å². The van der Waals surface area contributed by atoms with Gasteiger partial charge in [-0.25, -0.2) is 43.2 Å². The van der Waals surface area contributed by atoms with E-state index in [0.717, 1.165) is 12.1 Å². The van der Waals surface area contributed by atoms with Crippen molar-refractivity contribution < 1.29 is 52.7 Å². The van der Waals surface area contributed by atoms with E-state index in [1.807, 2.05) is 45.2 Å². The standard InChI is InChI=1S/C22H21F3INO3S.C16H13F3INO.C6H9ClO2S/c1-3-7-22(8-9-22)31(28,29)27-21-16(11-14-5-6-15(26)12-17(14)23)20(25)18(24)13-19(21)30-10-4-2;1-2-5-22-14-8-13(18)15(19)11(16(14)21)6-9-3-4-10(20)7-12(9)17;1-2-3-6(4-5-6)10(7,8)9/h3-6,12-13,27H,1-2,7-11H2;2-4,7-8H,1,5-6,21H2;2H,1,3-5H2. The Morgan fingerprint density at radius 2 is 1.08 bits per heavy atom. The quantitative estimate of drug-likeness (QED) is 0.0334. The van der Waals surface area contributed by atoms with E-state index < -0.39 is 63.5 Å². The number of nitrogens with one attached hydrogen (secondary N) is 1. The van der Waals surface area contributed by atoms with Crippen molar-refractivity contribution in [1.29, 1.82) is 0 Å². The fraction of sp³-hybridized carbons (Fsp3) is 0.273. The lowest BCUT2D eigenvalue weighted by atomic mass is 10.0. The van der Waals surface area contributed by atoms with Crippen molar-refractivity contribution in [1.82, 2.24) is 0 Å². The summed E-state index contributed by atoms with van der Waals surface area (Å²) in [6, 6.07) is 10.5. The van der Waals surface area contributed by atoms with Gasteiger partial charge in [-0.3, -0.25) is 4.72 Å². The summed E-state index contributed by atoms with van der Waals surface area (Å²) in [7, 11) is -2.15. The molecule has 0 unspecified atom stereocenters. The SMILES string of the molecule is C=CCC1(S(=O)(=O)Cl)CC1.C=CCOc1cc(F)c(F)c(Cc2ccc(I)cc2F)c1N.C=CCOc1cc(F)c(F)c(Cc2ccc(I)cc2F)c1NS(=O)(=O)C1(CC=C)CC1. The number of hydrogen-bond donors (Lipinski definition) is 2. The first-order valence-corrected chi connectivity index (χ1v) is 24.9. The second kappa shape index (κ2) is 22.0. The first-order chi connectivity index (χ1) is 29.6. The molecular weight excluding hydrogens is 1120 g/mol. The predicted octanol–water partition coefficient (Wildman–Crippen LogP) is 11.8. The van der Waals surface area contributed by atoms with Crippen molar-refractivity contribution in [3.05, 3.63) is 163 Å². The number of sulfonamides is 1. The highest BCUT2D eigenvalue weighted by atomic mass is 127. The monoisotopic (exact) mass is 1160 g/mol. The Morgan fingerprint density at radius 1 is 0.651 bits per heavy atom. The Hall–Kier alpha value is -3.73. The van der Waals surface area contributed by atoms with E-state index in [9.17, 15) is 43.2 Å². The maximum atomic E-state index is 14.9.